The number of carbonyl (C=O) groups is 3. The topological polar surface area (TPSA) is 102 Å². The minimum atomic E-state index is -0.835. The number of aliphatic carboxylic acids is 1. The average Bonchev–Trinajstić information content (AvgIpc) is 2.92. The number of imide groups is 1. The maximum Gasteiger partial charge on any atom is 0.321 e. The molecule has 0 bridgehead atoms. The number of hydrogen-bond acceptors (Lipinski definition) is 5. The normalized spacial score (nSPS) is 18.9. The molecule has 8 nitrogen and oxygen atoms in total. The van der Waals surface area contributed by atoms with Crippen molar-refractivity contribution < 1.29 is 19.5 Å². The Morgan fingerprint density at radius 3 is 2.61 bits per heavy atom. The maximum absolute atomic E-state index is 12.4. The molecule has 2 unspecified atom stereocenters. The number of likely N-dealkylation sites (tertiary alicyclic amines) is 1. The number of benzene rings is 1. The van der Waals surface area contributed by atoms with Crippen LogP contribution in [0.5, 0.6) is 0 Å². The van der Waals surface area contributed by atoms with Crippen molar-refractivity contribution in [3.63, 3.8) is 0 Å². The first-order chi connectivity index (χ1) is 13.4. The van der Waals surface area contributed by atoms with Crippen LogP contribution in [-0.2, 0) is 16.1 Å². The summed E-state index contributed by atoms with van der Waals surface area (Å²) in [6.45, 7) is 3.60. The Morgan fingerprint density at radius 1 is 1.21 bits per heavy atom. The van der Waals surface area contributed by atoms with Crippen LogP contribution in [-0.4, -0.2) is 71.6 Å². The van der Waals surface area contributed by atoms with Crippen LogP contribution in [0.1, 0.15) is 31.7 Å². The van der Waals surface area contributed by atoms with Crippen molar-refractivity contribution in [3.8, 4) is 0 Å². The highest BCUT2D eigenvalue weighted by molar-refractivity contribution is 5.96. The largest absolute Gasteiger partial charge is 0.480 e. The number of amides is 3. The van der Waals surface area contributed by atoms with Crippen molar-refractivity contribution in [2.45, 2.75) is 44.8 Å². The summed E-state index contributed by atoms with van der Waals surface area (Å²) in [5.74, 6) is -1.17. The molecule has 1 fully saturated rings. The zero-order chi connectivity index (χ0) is 20.5. The lowest BCUT2D eigenvalue weighted by Crippen LogP contribution is -2.50. The molecule has 1 aromatic carbocycles. The van der Waals surface area contributed by atoms with Crippen molar-refractivity contribution in [2.75, 3.05) is 26.7 Å². The Labute approximate surface area is 165 Å². The second-order valence-corrected chi connectivity index (χ2v) is 7.26. The summed E-state index contributed by atoms with van der Waals surface area (Å²) < 4.78 is 0. The second kappa shape index (κ2) is 10.8. The van der Waals surface area contributed by atoms with Gasteiger partial charge in [0.2, 0.25) is 5.91 Å². The van der Waals surface area contributed by atoms with E-state index in [1.807, 2.05) is 42.3 Å². The van der Waals surface area contributed by atoms with Gasteiger partial charge in [-0.1, -0.05) is 30.3 Å². The molecule has 0 spiro atoms. The second-order valence-electron chi connectivity index (χ2n) is 7.26. The van der Waals surface area contributed by atoms with Crippen LogP contribution < -0.4 is 10.6 Å². The van der Waals surface area contributed by atoms with Gasteiger partial charge in [-0.2, -0.15) is 0 Å². The number of carboxylic acid groups (broad SMARTS) is 1. The number of rotatable bonds is 7. The Hall–Kier alpha value is -2.45. The van der Waals surface area contributed by atoms with Gasteiger partial charge in [-0.15, -0.1) is 0 Å². The SMILES string of the molecule is CC(C(=O)NC(=O)NCc1ccccc1)N1CCCC(N(C)CC(=O)O)CC1. The molecule has 1 aliphatic rings. The fourth-order valence-electron chi connectivity index (χ4n) is 3.48. The predicted octanol–water partition coefficient (Wildman–Crippen LogP) is 1.27. The highest BCUT2D eigenvalue weighted by Gasteiger charge is 2.27. The van der Waals surface area contributed by atoms with Gasteiger partial charge >= 0.3 is 12.0 Å². The molecule has 1 saturated heterocycles. The molecule has 8 heteroatoms. The summed E-state index contributed by atoms with van der Waals surface area (Å²) in [4.78, 5) is 39.2. The van der Waals surface area contributed by atoms with E-state index in [4.69, 9.17) is 5.11 Å². The molecule has 154 valence electrons. The lowest BCUT2D eigenvalue weighted by Gasteiger charge is -2.28. The Kier molecular flexibility index (Phi) is 8.41. The number of carboxylic acids is 1. The van der Waals surface area contributed by atoms with Crippen molar-refractivity contribution in [1.29, 1.82) is 0 Å². The molecular weight excluding hydrogens is 360 g/mol. The van der Waals surface area contributed by atoms with Crippen LogP contribution >= 0.6 is 0 Å². The maximum atomic E-state index is 12.4. The van der Waals surface area contributed by atoms with Crippen molar-refractivity contribution in [3.05, 3.63) is 35.9 Å². The lowest BCUT2D eigenvalue weighted by atomic mass is 10.1. The molecular formula is C20H30N4O4. The van der Waals surface area contributed by atoms with Gasteiger partial charge in [0.05, 0.1) is 12.6 Å². The molecule has 3 N–H and O–H groups in total. The summed E-state index contributed by atoms with van der Waals surface area (Å²) >= 11 is 0. The van der Waals surface area contributed by atoms with Gasteiger partial charge < -0.3 is 10.4 Å². The van der Waals surface area contributed by atoms with Gasteiger partial charge in [0.1, 0.15) is 0 Å². The van der Waals surface area contributed by atoms with Crippen LogP contribution in [0.2, 0.25) is 0 Å². The van der Waals surface area contributed by atoms with Gasteiger partial charge in [0, 0.05) is 19.1 Å². The molecule has 0 radical (unpaired) electrons. The van der Waals surface area contributed by atoms with Crippen LogP contribution in [0.25, 0.3) is 0 Å². The minimum absolute atomic E-state index is 0.0162. The first-order valence-corrected chi connectivity index (χ1v) is 9.65. The molecule has 1 aliphatic heterocycles. The molecule has 0 saturated carbocycles. The van der Waals surface area contributed by atoms with E-state index in [-0.39, 0.29) is 18.5 Å². The monoisotopic (exact) mass is 390 g/mol. The van der Waals surface area contributed by atoms with Gasteiger partial charge in [-0.25, -0.2) is 4.79 Å². The zero-order valence-electron chi connectivity index (χ0n) is 16.6. The van der Waals surface area contributed by atoms with Crippen molar-refractivity contribution >= 4 is 17.9 Å². The van der Waals surface area contributed by atoms with E-state index in [0.717, 1.165) is 31.4 Å². The van der Waals surface area contributed by atoms with Crippen molar-refractivity contribution in [2.24, 2.45) is 0 Å². The molecule has 1 aromatic rings. The highest BCUT2D eigenvalue weighted by Crippen LogP contribution is 2.17. The smallest absolute Gasteiger partial charge is 0.321 e. The third kappa shape index (κ3) is 6.94. The average molecular weight is 390 g/mol. The number of nitrogens with zero attached hydrogens (tertiary/aromatic N) is 2. The Morgan fingerprint density at radius 2 is 1.93 bits per heavy atom. The van der Waals surface area contributed by atoms with Crippen LogP contribution in [0.15, 0.2) is 30.3 Å². The van der Waals surface area contributed by atoms with Crippen LogP contribution in [0, 0.1) is 0 Å². The van der Waals surface area contributed by atoms with Crippen LogP contribution in [0.3, 0.4) is 0 Å². The first-order valence-electron chi connectivity index (χ1n) is 9.65. The molecule has 28 heavy (non-hydrogen) atoms. The lowest BCUT2D eigenvalue weighted by molar-refractivity contribution is -0.138. The van der Waals surface area contributed by atoms with Crippen LogP contribution in [0.4, 0.5) is 4.79 Å². The van der Waals surface area contributed by atoms with E-state index in [2.05, 4.69) is 15.5 Å². The number of nitrogens with one attached hydrogen (secondary N) is 2. The number of hydrogen-bond donors (Lipinski definition) is 3. The van der Waals surface area contributed by atoms with Crippen molar-refractivity contribution in [1.82, 2.24) is 20.4 Å². The van der Waals surface area contributed by atoms with E-state index in [1.54, 1.807) is 6.92 Å². The molecule has 3 amide bonds. The number of carbonyl (C=O) groups excluding carboxylic acids is 2. The minimum Gasteiger partial charge on any atom is -0.480 e. The number of urea groups is 1. The zero-order valence-corrected chi connectivity index (χ0v) is 16.6. The van der Waals surface area contributed by atoms with E-state index < -0.39 is 18.0 Å². The molecule has 2 atom stereocenters. The third-order valence-electron chi connectivity index (χ3n) is 5.20. The molecule has 1 heterocycles. The number of likely N-dealkylation sites (N-methyl/N-ethyl adjacent to an activating group) is 1. The van der Waals surface area contributed by atoms with Gasteiger partial charge in [-0.05, 0) is 45.3 Å². The molecule has 0 aromatic heterocycles. The Bertz CT molecular complexity index is 667. The fourth-order valence-corrected chi connectivity index (χ4v) is 3.48. The van der Waals surface area contributed by atoms with E-state index >= 15 is 0 Å². The third-order valence-corrected chi connectivity index (χ3v) is 5.20. The Balaban J connectivity index is 1.78. The summed E-state index contributed by atoms with van der Waals surface area (Å²) in [5.41, 5.74) is 0.960. The first kappa shape index (κ1) is 21.8. The molecule has 0 aliphatic carbocycles. The molecule has 2 rings (SSSR count). The van der Waals surface area contributed by atoms with E-state index in [0.29, 0.717) is 13.1 Å². The highest BCUT2D eigenvalue weighted by atomic mass is 16.4. The summed E-state index contributed by atoms with van der Waals surface area (Å²) in [6.07, 6.45) is 2.57. The quantitative estimate of drug-likeness (QED) is 0.648. The van der Waals surface area contributed by atoms with Gasteiger partial charge in [0.25, 0.3) is 0 Å². The van der Waals surface area contributed by atoms with Gasteiger partial charge in [-0.3, -0.25) is 24.7 Å². The van der Waals surface area contributed by atoms with E-state index in [1.165, 1.54) is 0 Å². The standard InChI is InChI=1S/C20H30N4O4/c1-15(19(27)22-20(28)21-13-16-7-4-3-5-8-16)24-11-6-9-17(10-12-24)23(2)14-18(25)26/h3-5,7-8,15,17H,6,9-14H2,1-2H3,(H,25,26)(H2,21,22,27,28). The predicted molar refractivity (Wildman–Crippen MR) is 106 cm³/mol. The van der Waals surface area contributed by atoms with E-state index in [9.17, 15) is 14.4 Å². The summed E-state index contributed by atoms with van der Waals surface area (Å²) in [6, 6.07) is 8.75. The summed E-state index contributed by atoms with van der Waals surface area (Å²) in [5, 5.41) is 14.1. The fraction of sp³-hybridized carbons (Fsp3) is 0.550. The van der Waals surface area contributed by atoms with Gasteiger partial charge in [0.15, 0.2) is 0 Å². The summed E-state index contributed by atoms with van der Waals surface area (Å²) in [7, 11) is 1.82.